The van der Waals surface area contributed by atoms with Crippen molar-refractivity contribution in [3.63, 3.8) is 0 Å². The number of nitrogen functional groups attached to an aromatic ring is 1. The van der Waals surface area contributed by atoms with Gasteiger partial charge in [0.05, 0.1) is 6.20 Å². The van der Waals surface area contributed by atoms with Crippen molar-refractivity contribution >= 4 is 5.78 Å². The molecule has 5 heteroatoms. The predicted octanol–water partition coefficient (Wildman–Crippen LogP) is 0.785. The molecule has 0 saturated heterocycles. The number of ketones is 1. The molecule has 0 aliphatic carbocycles. The Labute approximate surface area is 92.9 Å². The van der Waals surface area contributed by atoms with Crippen molar-refractivity contribution in [3.8, 4) is 0 Å². The van der Waals surface area contributed by atoms with E-state index in [0.29, 0.717) is 11.4 Å². The molecule has 82 valence electrons. The number of aryl methyl sites for hydroxylation is 1. The molecule has 0 bridgehead atoms. The monoisotopic (exact) mass is 216 g/mol. The van der Waals surface area contributed by atoms with E-state index < -0.39 is 0 Å². The highest BCUT2D eigenvalue weighted by Gasteiger charge is 2.15. The van der Waals surface area contributed by atoms with E-state index >= 15 is 0 Å². The Bertz CT molecular complexity index is 504. The number of hydrogen-bond donors (Lipinski definition) is 1. The summed E-state index contributed by atoms with van der Waals surface area (Å²) in [7, 11) is 0. The first-order chi connectivity index (χ1) is 7.74. The van der Waals surface area contributed by atoms with Crippen LogP contribution in [0, 0.1) is 0 Å². The lowest BCUT2D eigenvalue weighted by atomic mass is 10.2. The van der Waals surface area contributed by atoms with Gasteiger partial charge in [-0.1, -0.05) is 6.92 Å². The maximum atomic E-state index is 12.0. The quantitative estimate of drug-likeness (QED) is 0.608. The van der Waals surface area contributed by atoms with Crippen LogP contribution in [0.5, 0.6) is 0 Å². The highest BCUT2D eigenvalue weighted by atomic mass is 16.1. The topological polar surface area (TPSA) is 73.8 Å². The van der Waals surface area contributed by atoms with Crippen molar-refractivity contribution in [1.29, 1.82) is 0 Å². The Balaban J connectivity index is 2.38. The third-order valence-electron chi connectivity index (χ3n) is 2.39. The summed E-state index contributed by atoms with van der Waals surface area (Å²) in [6.45, 7) is 1.98. The third-order valence-corrected chi connectivity index (χ3v) is 2.39. The van der Waals surface area contributed by atoms with Gasteiger partial charge in [0.15, 0.2) is 0 Å². The second-order valence-electron chi connectivity index (χ2n) is 3.35. The zero-order valence-electron chi connectivity index (χ0n) is 8.92. The molecule has 0 unspecified atom stereocenters. The molecule has 2 rings (SSSR count). The number of aromatic nitrogens is 3. The van der Waals surface area contributed by atoms with Crippen LogP contribution in [-0.2, 0) is 6.42 Å². The summed E-state index contributed by atoms with van der Waals surface area (Å²) in [6.07, 6.45) is 5.22. The maximum Gasteiger partial charge on any atom is 0.231 e. The minimum atomic E-state index is -0.213. The lowest BCUT2D eigenvalue weighted by Gasteiger charge is -2.04. The molecule has 0 fully saturated rings. The summed E-state index contributed by atoms with van der Waals surface area (Å²) in [5.41, 5.74) is 1.64. The van der Waals surface area contributed by atoms with Crippen LogP contribution in [0.1, 0.15) is 28.8 Å². The van der Waals surface area contributed by atoms with Crippen molar-refractivity contribution in [2.24, 2.45) is 0 Å². The van der Waals surface area contributed by atoms with Gasteiger partial charge < -0.3 is 5.84 Å². The molecule has 5 nitrogen and oxygen atoms in total. The summed E-state index contributed by atoms with van der Waals surface area (Å²) < 4.78 is 1.40. The molecular formula is C11H12N4O. The summed E-state index contributed by atoms with van der Waals surface area (Å²) in [5, 5.41) is 0. The van der Waals surface area contributed by atoms with Gasteiger partial charge in [0.25, 0.3) is 0 Å². The van der Waals surface area contributed by atoms with E-state index in [1.807, 2.05) is 13.0 Å². The highest BCUT2D eigenvalue weighted by Crippen LogP contribution is 2.10. The highest BCUT2D eigenvalue weighted by molar-refractivity contribution is 6.06. The second-order valence-corrected chi connectivity index (χ2v) is 3.35. The Hall–Kier alpha value is -2.17. The Morgan fingerprint density at radius 3 is 2.81 bits per heavy atom. The fourth-order valence-electron chi connectivity index (χ4n) is 1.51. The van der Waals surface area contributed by atoms with Gasteiger partial charge in [-0.05, 0) is 18.6 Å². The molecule has 0 atom stereocenters. The van der Waals surface area contributed by atoms with Gasteiger partial charge in [-0.25, -0.2) is 4.98 Å². The van der Waals surface area contributed by atoms with Crippen LogP contribution in [0.4, 0.5) is 0 Å². The van der Waals surface area contributed by atoms with Crippen LogP contribution in [0.15, 0.2) is 30.7 Å². The van der Waals surface area contributed by atoms with Gasteiger partial charge in [-0.2, -0.15) is 0 Å². The maximum absolute atomic E-state index is 12.0. The Morgan fingerprint density at radius 2 is 2.25 bits per heavy atom. The molecule has 0 amide bonds. The van der Waals surface area contributed by atoms with E-state index in [0.717, 1.165) is 12.1 Å². The van der Waals surface area contributed by atoms with Gasteiger partial charge in [0, 0.05) is 18.1 Å². The molecule has 0 aliphatic rings. The number of nitrogens with two attached hydrogens (primary N) is 1. The van der Waals surface area contributed by atoms with Crippen molar-refractivity contribution in [2.75, 3.05) is 5.84 Å². The number of rotatable bonds is 3. The molecule has 2 N–H and O–H groups in total. The summed E-state index contributed by atoms with van der Waals surface area (Å²) in [5.74, 6) is 5.59. The summed E-state index contributed by atoms with van der Waals surface area (Å²) >= 11 is 0. The standard InChI is InChI=1S/C11H12N4O/c1-2-8-3-4-10(15(8)12)11(16)9-7-13-5-6-14-9/h3-7H,2,12H2,1H3. The molecule has 2 aromatic rings. The largest absolute Gasteiger partial charge is 0.339 e. The van der Waals surface area contributed by atoms with Crippen LogP contribution in [0.3, 0.4) is 0 Å². The molecule has 16 heavy (non-hydrogen) atoms. The SMILES string of the molecule is CCc1ccc(C(=O)c2cnccn2)n1N. The van der Waals surface area contributed by atoms with Gasteiger partial charge in [0.2, 0.25) is 5.78 Å². The zero-order chi connectivity index (χ0) is 11.5. The summed E-state index contributed by atoms with van der Waals surface area (Å²) in [6, 6.07) is 3.54. The first-order valence-corrected chi connectivity index (χ1v) is 5.00. The average molecular weight is 216 g/mol. The fraction of sp³-hybridized carbons (Fsp3) is 0.182. The molecule has 0 saturated carbocycles. The van der Waals surface area contributed by atoms with Crippen molar-refractivity contribution in [3.05, 3.63) is 47.8 Å². The number of carbonyl (C=O) groups excluding carboxylic acids is 1. The van der Waals surface area contributed by atoms with Crippen molar-refractivity contribution < 1.29 is 4.79 Å². The normalized spacial score (nSPS) is 10.3. The van der Waals surface area contributed by atoms with E-state index in [2.05, 4.69) is 9.97 Å². The fourth-order valence-corrected chi connectivity index (χ4v) is 1.51. The van der Waals surface area contributed by atoms with Gasteiger partial charge >= 0.3 is 0 Å². The number of carbonyl (C=O) groups is 1. The molecule has 0 aromatic carbocycles. The van der Waals surface area contributed by atoms with Crippen LogP contribution in [-0.4, -0.2) is 20.4 Å². The molecule has 0 aliphatic heterocycles. The van der Waals surface area contributed by atoms with E-state index in [1.165, 1.54) is 23.3 Å². The van der Waals surface area contributed by atoms with Crippen LogP contribution < -0.4 is 5.84 Å². The Morgan fingerprint density at radius 1 is 1.44 bits per heavy atom. The van der Waals surface area contributed by atoms with E-state index in [-0.39, 0.29) is 5.78 Å². The second kappa shape index (κ2) is 4.14. The van der Waals surface area contributed by atoms with E-state index in [1.54, 1.807) is 6.07 Å². The predicted molar refractivity (Wildman–Crippen MR) is 59.4 cm³/mol. The first kappa shape index (κ1) is 10.4. The lowest BCUT2D eigenvalue weighted by molar-refractivity contribution is 0.102. The third kappa shape index (κ3) is 1.67. The number of nitrogens with zero attached hydrogens (tertiary/aromatic N) is 3. The van der Waals surface area contributed by atoms with E-state index in [9.17, 15) is 4.79 Å². The van der Waals surface area contributed by atoms with Crippen LogP contribution in [0.2, 0.25) is 0 Å². The van der Waals surface area contributed by atoms with E-state index in [4.69, 9.17) is 5.84 Å². The minimum Gasteiger partial charge on any atom is -0.339 e. The lowest BCUT2D eigenvalue weighted by Crippen LogP contribution is -2.19. The molecule has 0 spiro atoms. The molecular weight excluding hydrogens is 204 g/mol. The van der Waals surface area contributed by atoms with Gasteiger partial charge in [-0.3, -0.25) is 14.5 Å². The molecule has 2 aromatic heterocycles. The van der Waals surface area contributed by atoms with Gasteiger partial charge in [0.1, 0.15) is 11.4 Å². The number of hydrogen-bond acceptors (Lipinski definition) is 4. The zero-order valence-corrected chi connectivity index (χ0v) is 8.92. The van der Waals surface area contributed by atoms with Crippen LogP contribution in [0.25, 0.3) is 0 Å². The minimum absolute atomic E-state index is 0.213. The van der Waals surface area contributed by atoms with Gasteiger partial charge in [-0.15, -0.1) is 0 Å². The van der Waals surface area contributed by atoms with Crippen molar-refractivity contribution in [2.45, 2.75) is 13.3 Å². The smallest absolute Gasteiger partial charge is 0.231 e. The first-order valence-electron chi connectivity index (χ1n) is 5.00. The summed E-state index contributed by atoms with van der Waals surface area (Å²) in [4.78, 5) is 19.8. The molecule has 0 radical (unpaired) electrons. The average Bonchev–Trinajstić information content (AvgIpc) is 2.70. The Kier molecular flexibility index (Phi) is 2.68. The molecule has 2 heterocycles. The van der Waals surface area contributed by atoms with Crippen molar-refractivity contribution in [1.82, 2.24) is 14.6 Å². The van der Waals surface area contributed by atoms with Crippen LogP contribution >= 0.6 is 0 Å².